The molecule has 32 heavy (non-hydrogen) atoms. The molecule has 170 valence electrons. The first kappa shape index (κ1) is 24.4. The second kappa shape index (κ2) is 9.96. The lowest BCUT2D eigenvalue weighted by Gasteiger charge is -2.18. The number of aryl methyl sites for hydroxylation is 4. The van der Waals surface area contributed by atoms with Gasteiger partial charge in [-0.15, -0.1) is 0 Å². The van der Waals surface area contributed by atoms with Crippen LogP contribution in [0, 0.1) is 47.9 Å². The van der Waals surface area contributed by atoms with Crippen molar-refractivity contribution in [1.29, 1.82) is 0 Å². The molecule has 2 aromatic rings. The molecule has 0 aromatic heterocycles. The summed E-state index contributed by atoms with van der Waals surface area (Å²) in [6.45, 7) is 5.00. The fourth-order valence-corrected chi connectivity index (χ4v) is 3.31. The number of rotatable bonds is 8. The number of nitro groups is 2. The van der Waals surface area contributed by atoms with Gasteiger partial charge in [-0.2, -0.15) is 0 Å². The third-order valence-electron chi connectivity index (χ3n) is 4.74. The van der Waals surface area contributed by atoms with Gasteiger partial charge in [0.25, 0.3) is 11.4 Å². The normalized spacial score (nSPS) is 11.5. The van der Waals surface area contributed by atoms with E-state index in [9.17, 15) is 34.9 Å². The highest BCUT2D eigenvalue weighted by Gasteiger charge is 2.24. The molecule has 0 unspecified atom stereocenters. The molecule has 0 aliphatic carbocycles. The van der Waals surface area contributed by atoms with E-state index in [4.69, 9.17) is 9.47 Å². The molecule has 11 nitrogen and oxygen atoms in total. The van der Waals surface area contributed by atoms with E-state index in [1.807, 2.05) is 0 Å². The van der Waals surface area contributed by atoms with Crippen molar-refractivity contribution >= 4 is 23.3 Å². The topological polar surface area (TPSA) is 159 Å². The minimum Gasteiger partial charge on any atom is -0.458 e. The molecule has 0 aliphatic heterocycles. The maximum Gasteiger partial charge on any atom is 0.339 e. The zero-order chi connectivity index (χ0) is 24.2. The predicted octanol–water partition coefficient (Wildman–Crippen LogP) is 3.11. The minimum absolute atomic E-state index is 0.113. The molecular weight excluding hydrogens is 424 g/mol. The highest BCUT2D eigenvalue weighted by Crippen LogP contribution is 2.24. The van der Waals surface area contributed by atoms with Gasteiger partial charge in [0.05, 0.1) is 27.6 Å². The van der Waals surface area contributed by atoms with Crippen LogP contribution in [0.5, 0.6) is 0 Å². The quantitative estimate of drug-likeness (QED) is 0.365. The van der Waals surface area contributed by atoms with Gasteiger partial charge in [0, 0.05) is 24.3 Å². The number of carbonyl (C=O) groups is 2. The van der Waals surface area contributed by atoms with E-state index in [1.165, 1.54) is 52.0 Å². The van der Waals surface area contributed by atoms with Gasteiger partial charge < -0.3 is 14.6 Å². The molecule has 0 saturated carbocycles. The van der Waals surface area contributed by atoms with Crippen molar-refractivity contribution in [3.63, 3.8) is 0 Å². The Hall–Kier alpha value is -3.86. The number of benzene rings is 2. The predicted molar refractivity (Wildman–Crippen MR) is 112 cm³/mol. The van der Waals surface area contributed by atoms with Gasteiger partial charge in [-0.1, -0.05) is 0 Å². The summed E-state index contributed by atoms with van der Waals surface area (Å²) < 4.78 is 10.4. The Morgan fingerprint density at radius 2 is 1.22 bits per heavy atom. The number of carbonyl (C=O) groups excluding carboxylic acids is 2. The SMILES string of the molecule is Cc1cc([N+](=O)[O-])cc(C)c1C(=O)OC[C@H](CO)OC(=O)c1c(C)cc([N+](=O)[O-])cc1C. The smallest absolute Gasteiger partial charge is 0.339 e. The lowest BCUT2D eigenvalue weighted by molar-refractivity contribution is -0.385. The summed E-state index contributed by atoms with van der Waals surface area (Å²) in [4.78, 5) is 45.8. The molecule has 2 aromatic carbocycles. The Labute approximate surface area is 182 Å². The zero-order valence-corrected chi connectivity index (χ0v) is 17.9. The fourth-order valence-electron chi connectivity index (χ4n) is 3.31. The summed E-state index contributed by atoms with van der Waals surface area (Å²) in [7, 11) is 0. The van der Waals surface area contributed by atoms with Crippen LogP contribution in [0.2, 0.25) is 0 Å². The first-order chi connectivity index (χ1) is 15.0. The van der Waals surface area contributed by atoms with Gasteiger partial charge in [-0.05, 0) is 49.9 Å². The molecule has 2 rings (SSSR count). The molecule has 11 heteroatoms. The second-order valence-corrected chi connectivity index (χ2v) is 7.23. The van der Waals surface area contributed by atoms with E-state index in [0.29, 0.717) is 22.3 Å². The molecular formula is C21H22N2O9. The average Bonchev–Trinajstić information content (AvgIpc) is 2.69. The van der Waals surface area contributed by atoms with Gasteiger partial charge in [0.1, 0.15) is 6.61 Å². The number of hydrogen-bond donors (Lipinski definition) is 1. The monoisotopic (exact) mass is 446 g/mol. The highest BCUT2D eigenvalue weighted by molar-refractivity contribution is 5.94. The van der Waals surface area contributed by atoms with Gasteiger partial charge in [-0.3, -0.25) is 20.2 Å². The van der Waals surface area contributed by atoms with Crippen LogP contribution in [0.1, 0.15) is 43.0 Å². The largest absolute Gasteiger partial charge is 0.458 e. The Bertz CT molecular complexity index is 1050. The molecule has 0 bridgehead atoms. The average molecular weight is 446 g/mol. The molecule has 0 radical (unpaired) electrons. The summed E-state index contributed by atoms with van der Waals surface area (Å²) in [5.41, 5.74) is 1.27. The Kier molecular flexibility index (Phi) is 7.60. The number of nitro benzene ring substituents is 2. The van der Waals surface area contributed by atoms with Crippen molar-refractivity contribution in [2.24, 2.45) is 0 Å². The Morgan fingerprint density at radius 1 is 0.844 bits per heavy atom. The number of hydrogen-bond acceptors (Lipinski definition) is 9. The summed E-state index contributed by atoms with van der Waals surface area (Å²) in [6.07, 6.45) is -1.18. The van der Waals surface area contributed by atoms with Crippen LogP contribution in [0.4, 0.5) is 11.4 Å². The van der Waals surface area contributed by atoms with Crippen molar-refractivity contribution < 1.29 is 34.0 Å². The van der Waals surface area contributed by atoms with Crippen LogP contribution in [-0.4, -0.2) is 46.2 Å². The van der Waals surface area contributed by atoms with Crippen molar-refractivity contribution in [1.82, 2.24) is 0 Å². The van der Waals surface area contributed by atoms with Gasteiger partial charge in [0.2, 0.25) is 0 Å². The van der Waals surface area contributed by atoms with Crippen LogP contribution in [-0.2, 0) is 9.47 Å². The molecule has 0 amide bonds. The van der Waals surface area contributed by atoms with E-state index >= 15 is 0 Å². The summed E-state index contributed by atoms with van der Waals surface area (Å²) in [5.74, 6) is -1.61. The number of esters is 2. The van der Waals surface area contributed by atoms with E-state index in [0.717, 1.165) is 0 Å². The molecule has 0 saturated heterocycles. The number of aliphatic hydroxyl groups is 1. The van der Waals surface area contributed by atoms with Crippen molar-refractivity contribution in [3.8, 4) is 0 Å². The summed E-state index contributed by atoms with van der Waals surface area (Å²) in [5, 5.41) is 31.4. The van der Waals surface area contributed by atoms with Gasteiger partial charge >= 0.3 is 11.9 Å². The third kappa shape index (κ3) is 5.43. The number of non-ortho nitro benzene ring substituents is 2. The van der Waals surface area contributed by atoms with Gasteiger partial charge in [-0.25, -0.2) is 9.59 Å². The first-order valence-corrected chi connectivity index (χ1v) is 9.46. The molecule has 0 fully saturated rings. The van der Waals surface area contributed by atoms with Crippen molar-refractivity contribution in [3.05, 3.63) is 77.9 Å². The first-order valence-electron chi connectivity index (χ1n) is 9.46. The number of nitrogens with zero attached hydrogens (tertiary/aromatic N) is 2. The zero-order valence-electron chi connectivity index (χ0n) is 17.9. The highest BCUT2D eigenvalue weighted by atomic mass is 16.6. The van der Waals surface area contributed by atoms with E-state index < -0.39 is 41.1 Å². The van der Waals surface area contributed by atoms with Crippen LogP contribution in [0.3, 0.4) is 0 Å². The maximum atomic E-state index is 12.6. The van der Waals surface area contributed by atoms with Crippen LogP contribution < -0.4 is 0 Å². The van der Waals surface area contributed by atoms with Gasteiger partial charge in [0.15, 0.2) is 6.10 Å². The van der Waals surface area contributed by atoms with Crippen molar-refractivity contribution in [2.75, 3.05) is 13.2 Å². The number of ether oxygens (including phenoxy) is 2. The summed E-state index contributed by atoms with van der Waals surface area (Å²) >= 11 is 0. The molecule has 0 aliphatic rings. The standard InChI is InChI=1S/C21H22N2O9/c1-11-5-15(22(27)28)6-12(2)18(11)20(25)31-10-17(9-24)32-21(26)19-13(3)7-16(23(29)30)8-14(19)4/h5-8,17,24H,9-10H2,1-4H3/t17-/m0/s1. The van der Waals surface area contributed by atoms with E-state index in [2.05, 4.69) is 0 Å². The molecule has 1 atom stereocenters. The Balaban J connectivity index is 2.12. The molecule has 0 spiro atoms. The van der Waals surface area contributed by atoms with Crippen LogP contribution >= 0.6 is 0 Å². The van der Waals surface area contributed by atoms with E-state index in [1.54, 1.807) is 0 Å². The third-order valence-corrected chi connectivity index (χ3v) is 4.74. The lowest BCUT2D eigenvalue weighted by atomic mass is 10.0. The maximum absolute atomic E-state index is 12.6. The molecule has 1 N–H and O–H groups in total. The second-order valence-electron chi connectivity index (χ2n) is 7.23. The molecule has 0 heterocycles. The van der Waals surface area contributed by atoms with Crippen molar-refractivity contribution in [2.45, 2.75) is 33.8 Å². The van der Waals surface area contributed by atoms with Crippen LogP contribution in [0.15, 0.2) is 24.3 Å². The minimum atomic E-state index is -1.18. The fraction of sp³-hybridized carbons (Fsp3) is 0.333. The van der Waals surface area contributed by atoms with Crippen LogP contribution in [0.25, 0.3) is 0 Å². The van der Waals surface area contributed by atoms with E-state index in [-0.39, 0.29) is 22.5 Å². The number of aliphatic hydroxyl groups excluding tert-OH is 1. The Morgan fingerprint density at radius 3 is 1.56 bits per heavy atom. The summed E-state index contributed by atoms with van der Waals surface area (Å²) in [6, 6.07) is 4.95. The lowest BCUT2D eigenvalue weighted by Crippen LogP contribution is -2.29.